The molecular weight excluding hydrogens is 213 g/mol. The van der Waals surface area contributed by atoms with E-state index < -0.39 is 0 Å². The van der Waals surface area contributed by atoms with Crippen LogP contribution in [0.3, 0.4) is 0 Å². The quantitative estimate of drug-likeness (QED) is 0.197. The molecule has 0 aromatic carbocycles. The minimum absolute atomic E-state index is 0.358. The average Bonchev–Trinajstić information content (AvgIpc) is 1.77. The number of alkyl halides is 1. The molecule has 1 heterocycles. The molecule has 1 rings (SSSR count). The molecule has 1 nitrogen and oxygen atoms in total. The zero-order valence-electron chi connectivity index (χ0n) is 5.26. The molecule has 48 valence electrons. The Balaban J connectivity index is 2.47. The maximum absolute atomic E-state index is 2.46. The Hall–Kier alpha value is 0.430. The summed E-state index contributed by atoms with van der Waals surface area (Å²) in [5.41, 5.74) is 0. The Labute approximate surface area is 61.4 Å². The van der Waals surface area contributed by atoms with Crippen LogP contribution in [-0.2, 0) is 0 Å². The number of hydrogen-bond donors (Lipinski definition) is 0. The summed E-state index contributed by atoms with van der Waals surface area (Å²) in [7, 11) is 2.21. The van der Waals surface area contributed by atoms with E-state index in [1.54, 1.807) is 0 Å². The van der Waals surface area contributed by atoms with Gasteiger partial charge in [0.15, 0.2) is 0 Å². The van der Waals surface area contributed by atoms with Crippen molar-refractivity contribution in [1.29, 1.82) is 0 Å². The van der Waals surface area contributed by atoms with Gasteiger partial charge in [0.25, 0.3) is 0 Å². The van der Waals surface area contributed by atoms with Crippen LogP contribution in [-0.4, -0.2) is 20.6 Å². The van der Waals surface area contributed by atoms with E-state index in [9.17, 15) is 0 Å². The van der Waals surface area contributed by atoms with Crippen molar-refractivity contribution in [3.8, 4) is 0 Å². The molecule has 0 bridgehead atoms. The summed E-state index contributed by atoms with van der Waals surface area (Å²) in [5.74, 6) is 0. The van der Waals surface area contributed by atoms with E-state index in [0.29, 0.717) is 27.5 Å². The maximum atomic E-state index is 2.46. The van der Waals surface area contributed by atoms with Crippen molar-refractivity contribution < 1.29 is 21.5 Å². The van der Waals surface area contributed by atoms with Crippen LogP contribution < -0.4 is 21.5 Å². The molecule has 0 N–H and O–H groups in total. The van der Waals surface area contributed by atoms with Crippen molar-refractivity contribution in [3.05, 3.63) is 12.2 Å². The van der Waals surface area contributed by atoms with E-state index in [1.807, 2.05) is 0 Å². The van der Waals surface area contributed by atoms with Crippen molar-refractivity contribution >= 4 is 0 Å². The Morgan fingerprint density at radius 1 is 1.75 bits per heavy atom. The minimum atomic E-state index is 0.358. The molecule has 0 saturated heterocycles. The first-order valence-corrected chi connectivity index (χ1v) is 5.28. The summed E-state index contributed by atoms with van der Waals surface area (Å²) in [6.07, 6.45) is 4.58. The second-order valence-corrected chi connectivity index (χ2v) is 5.05. The summed E-state index contributed by atoms with van der Waals surface area (Å²) >= 11 is 0.358. The number of allylic oxidation sites excluding steroid dienone is 1. The molecule has 0 amide bonds. The zero-order valence-corrected chi connectivity index (χ0v) is 7.42. The average molecular weight is 224 g/mol. The van der Waals surface area contributed by atoms with Gasteiger partial charge in [-0.1, -0.05) is 0 Å². The molecule has 0 aromatic heterocycles. The van der Waals surface area contributed by atoms with Gasteiger partial charge in [-0.2, -0.15) is 0 Å². The van der Waals surface area contributed by atoms with Crippen LogP contribution in [0.4, 0.5) is 0 Å². The van der Waals surface area contributed by atoms with Gasteiger partial charge < -0.3 is 0 Å². The topological polar surface area (TPSA) is 3.24 Å². The third-order valence-electron chi connectivity index (χ3n) is 1.32. The van der Waals surface area contributed by atoms with Gasteiger partial charge in [-0.05, 0) is 0 Å². The van der Waals surface area contributed by atoms with Gasteiger partial charge in [-0.25, -0.2) is 0 Å². The fraction of sp³-hybridized carbons (Fsp3) is 0.667. The van der Waals surface area contributed by atoms with Gasteiger partial charge in [0, 0.05) is 0 Å². The van der Waals surface area contributed by atoms with Gasteiger partial charge in [0.2, 0.25) is 0 Å². The van der Waals surface area contributed by atoms with Gasteiger partial charge in [0.05, 0.1) is 0 Å². The van der Waals surface area contributed by atoms with Crippen molar-refractivity contribution in [2.24, 2.45) is 0 Å². The number of rotatable bonds is 0. The van der Waals surface area contributed by atoms with Gasteiger partial charge in [0.1, 0.15) is 0 Å². The first-order chi connectivity index (χ1) is 3.80. The molecule has 1 atom stereocenters. The molecular formula is C6H11IN-. The second kappa shape index (κ2) is 2.82. The zero-order chi connectivity index (χ0) is 5.98. The Bertz CT molecular complexity index is 101. The third-order valence-corrected chi connectivity index (χ3v) is 4.18. The van der Waals surface area contributed by atoms with E-state index in [0.717, 1.165) is 0 Å². The summed E-state index contributed by atoms with van der Waals surface area (Å²) in [4.78, 5) is 0. The summed E-state index contributed by atoms with van der Waals surface area (Å²) < 4.78 is 3.79. The summed E-state index contributed by atoms with van der Waals surface area (Å²) in [5, 5.41) is 0. The Morgan fingerprint density at radius 2 is 2.50 bits per heavy atom. The molecule has 0 spiro atoms. The molecule has 2 heteroatoms. The first-order valence-electron chi connectivity index (χ1n) is 2.79. The van der Waals surface area contributed by atoms with Crippen LogP contribution >= 0.6 is 0 Å². The number of hydrogen-bond acceptors (Lipinski definition) is 1. The van der Waals surface area contributed by atoms with E-state index in [4.69, 9.17) is 0 Å². The van der Waals surface area contributed by atoms with E-state index >= 15 is 0 Å². The number of halogens is 1. The predicted octanol–water partition coefficient (Wildman–Crippen LogP) is -2.12. The van der Waals surface area contributed by atoms with Gasteiger partial charge >= 0.3 is 61.2 Å². The van der Waals surface area contributed by atoms with Gasteiger partial charge in [-0.3, -0.25) is 0 Å². The van der Waals surface area contributed by atoms with E-state index in [1.165, 1.54) is 4.43 Å². The standard InChI is InChI=1S/C6H11IN/c1-6-4-3-5-7-8(6)2/h3-4,6H,5H2,1-2H3/q-1. The predicted molar refractivity (Wildman–Crippen MR) is 31.2 cm³/mol. The molecule has 0 aromatic rings. The van der Waals surface area contributed by atoms with Crippen LogP contribution in [0.1, 0.15) is 6.92 Å². The van der Waals surface area contributed by atoms with E-state index in [-0.39, 0.29) is 0 Å². The monoisotopic (exact) mass is 224 g/mol. The number of nitrogens with zero attached hydrogens (tertiary/aromatic N) is 1. The molecule has 1 unspecified atom stereocenters. The second-order valence-electron chi connectivity index (χ2n) is 1.97. The normalized spacial score (nSPS) is 32.0. The van der Waals surface area contributed by atoms with Crippen LogP contribution in [0, 0.1) is 0 Å². The molecule has 0 radical (unpaired) electrons. The van der Waals surface area contributed by atoms with Crippen LogP contribution in [0.15, 0.2) is 12.2 Å². The fourth-order valence-electron chi connectivity index (χ4n) is 0.625. The van der Waals surface area contributed by atoms with Crippen LogP contribution in [0.2, 0.25) is 0 Å². The summed E-state index contributed by atoms with van der Waals surface area (Å²) in [6.45, 7) is 2.25. The van der Waals surface area contributed by atoms with E-state index in [2.05, 4.69) is 29.2 Å². The molecule has 1 aliphatic rings. The van der Waals surface area contributed by atoms with Crippen molar-refractivity contribution in [2.45, 2.75) is 13.0 Å². The fourth-order valence-corrected chi connectivity index (χ4v) is 2.57. The molecule has 0 fully saturated rings. The third kappa shape index (κ3) is 1.45. The van der Waals surface area contributed by atoms with Crippen molar-refractivity contribution in [1.82, 2.24) is 3.11 Å². The van der Waals surface area contributed by atoms with Crippen LogP contribution in [0.5, 0.6) is 0 Å². The van der Waals surface area contributed by atoms with Crippen molar-refractivity contribution in [2.75, 3.05) is 11.5 Å². The molecule has 0 saturated carbocycles. The Morgan fingerprint density at radius 3 is 2.88 bits per heavy atom. The van der Waals surface area contributed by atoms with Crippen molar-refractivity contribution in [3.63, 3.8) is 0 Å². The molecule has 1 aliphatic heterocycles. The summed E-state index contributed by atoms with van der Waals surface area (Å²) in [6, 6.07) is 0.705. The first kappa shape index (κ1) is 6.55. The molecule has 8 heavy (non-hydrogen) atoms. The van der Waals surface area contributed by atoms with Crippen LogP contribution in [0.25, 0.3) is 0 Å². The SMILES string of the molecule is CC1C=CC[I-]N1C. The number of likely N-dealkylation sites (N-methyl/N-ethyl adjacent to an activating group) is 1. The molecule has 0 aliphatic carbocycles. The van der Waals surface area contributed by atoms with Gasteiger partial charge in [-0.15, -0.1) is 0 Å². The Kier molecular flexibility index (Phi) is 2.31.